The van der Waals surface area contributed by atoms with Crippen molar-refractivity contribution in [1.82, 2.24) is 0 Å². The first-order chi connectivity index (χ1) is 29.1. The zero-order valence-electron chi connectivity index (χ0n) is 41.3. The van der Waals surface area contributed by atoms with Crippen LogP contribution in [0.5, 0.6) is 0 Å². The summed E-state index contributed by atoms with van der Waals surface area (Å²) in [6, 6.07) is 0. The predicted molar refractivity (Wildman–Crippen MR) is 256 cm³/mol. The summed E-state index contributed by atoms with van der Waals surface area (Å²) < 4.78 is 16.8. The first-order valence-corrected chi connectivity index (χ1v) is 26.6. The Balaban J connectivity index is 4.28. The third-order valence-corrected chi connectivity index (χ3v) is 12.5. The Morgan fingerprint density at radius 3 is 0.867 bits per heavy atom. The van der Waals surface area contributed by atoms with Gasteiger partial charge in [0.05, 0.1) is 0 Å². The fraction of sp³-hybridized carbons (Fsp3) is 0.944. The van der Waals surface area contributed by atoms with Crippen LogP contribution in [-0.4, -0.2) is 37.2 Å². The lowest BCUT2D eigenvalue weighted by Crippen LogP contribution is -2.30. The van der Waals surface area contributed by atoms with Crippen LogP contribution in [0, 0.1) is 17.8 Å². The summed E-state index contributed by atoms with van der Waals surface area (Å²) in [5.41, 5.74) is 0. The molecule has 0 aliphatic carbocycles. The number of unbranched alkanes of at least 4 members (excludes halogenated alkanes) is 29. The second-order valence-electron chi connectivity index (χ2n) is 19.7. The van der Waals surface area contributed by atoms with Gasteiger partial charge in [-0.05, 0) is 37.0 Å². The summed E-state index contributed by atoms with van der Waals surface area (Å²) >= 11 is 0. The lowest BCUT2D eigenvalue weighted by atomic mass is 10.00. The lowest BCUT2D eigenvalue weighted by molar-refractivity contribution is -0.167. The van der Waals surface area contributed by atoms with Crippen molar-refractivity contribution in [3.05, 3.63) is 0 Å². The third-order valence-electron chi connectivity index (χ3n) is 12.5. The van der Waals surface area contributed by atoms with E-state index in [-0.39, 0.29) is 31.1 Å². The SMILES string of the molecule is CCC(C)CCCCCCCCC(=O)OC[C@@H](COC(=O)CCCCCCCCCCCCCC(C)C)OC(=O)CCCCCCCCCCCCCCCCCC(C)C. The van der Waals surface area contributed by atoms with Crippen LogP contribution < -0.4 is 0 Å². The van der Waals surface area contributed by atoms with Crippen molar-refractivity contribution >= 4 is 17.9 Å². The van der Waals surface area contributed by atoms with E-state index in [0.29, 0.717) is 19.3 Å². The van der Waals surface area contributed by atoms with Gasteiger partial charge in [0.15, 0.2) is 6.10 Å². The van der Waals surface area contributed by atoms with E-state index in [1.165, 1.54) is 173 Å². The van der Waals surface area contributed by atoms with Crippen LogP contribution in [0.2, 0.25) is 0 Å². The second-order valence-corrected chi connectivity index (χ2v) is 19.7. The number of hydrogen-bond acceptors (Lipinski definition) is 6. The average molecular weight is 849 g/mol. The number of ether oxygens (including phenoxy) is 3. The smallest absolute Gasteiger partial charge is 0.306 e. The van der Waals surface area contributed by atoms with Crippen molar-refractivity contribution in [1.29, 1.82) is 0 Å². The predicted octanol–water partition coefficient (Wildman–Crippen LogP) is 17.2. The molecule has 0 aliphatic heterocycles. The topological polar surface area (TPSA) is 78.9 Å². The Hall–Kier alpha value is -1.59. The molecule has 0 amide bonds. The maximum absolute atomic E-state index is 12.8. The summed E-state index contributed by atoms with van der Waals surface area (Å²) in [6.07, 6.45) is 45.2. The number of esters is 3. The van der Waals surface area contributed by atoms with Crippen LogP contribution in [0.25, 0.3) is 0 Å². The first kappa shape index (κ1) is 58.4. The number of rotatable bonds is 47. The van der Waals surface area contributed by atoms with Crippen molar-refractivity contribution in [2.75, 3.05) is 13.2 Å². The Morgan fingerprint density at radius 2 is 0.583 bits per heavy atom. The van der Waals surface area contributed by atoms with Crippen LogP contribution in [0.1, 0.15) is 292 Å². The van der Waals surface area contributed by atoms with Gasteiger partial charge in [0.2, 0.25) is 0 Å². The molecule has 0 spiro atoms. The molecule has 0 heterocycles. The van der Waals surface area contributed by atoms with Gasteiger partial charge in [-0.2, -0.15) is 0 Å². The minimum Gasteiger partial charge on any atom is -0.462 e. The van der Waals surface area contributed by atoms with Crippen molar-refractivity contribution in [2.24, 2.45) is 17.8 Å². The number of carbonyl (C=O) groups excluding carboxylic acids is 3. The normalized spacial score (nSPS) is 12.6. The van der Waals surface area contributed by atoms with Crippen molar-refractivity contribution in [3.63, 3.8) is 0 Å². The fourth-order valence-electron chi connectivity index (χ4n) is 8.08. The second kappa shape index (κ2) is 45.4. The molecule has 1 unspecified atom stereocenters. The summed E-state index contributed by atoms with van der Waals surface area (Å²) in [7, 11) is 0. The van der Waals surface area contributed by atoms with Gasteiger partial charge in [-0.25, -0.2) is 0 Å². The Labute approximate surface area is 374 Å². The fourth-order valence-corrected chi connectivity index (χ4v) is 8.08. The zero-order valence-corrected chi connectivity index (χ0v) is 41.3. The number of hydrogen-bond donors (Lipinski definition) is 0. The van der Waals surface area contributed by atoms with Gasteiger partial charge in [-0.3, -0.25) is 14.4 Å². The van der Waals surface area contributed by atoms with Crippen LogP contribution in [0.4, 0.5) is 0 Å². The van der Waals surface area contributed by atoms with Gasteiger partial charge < -0.3 is 14.2 Å². The maximum Gasteiger partial charge on any atom is 0.306 e. The summed E-state index contributed by atoms with van der Waals surface area (Å²) in [5.74, 6) is 1.64. The molecule has 356 valence electrons. The molecule has 0 aromatic rings. The van der Waals surface area contributed by atoms with E-state index in [2.05, 4.69) is 41.5 Å². The van der Waals surface area contributed by atoms with Gasteiger partial charge in [0, 0.05) is 19.3 Å². The molecule has 0 aromatic carbocycles. The average Bonchev–Trinajstić information content (AvgIpc) is 3.22. The van der Waals surface area contributed by atoms with Gasteiger partial charge in [-0.15, -0.1) is 0 Å². The monoisotopic (exact) mass is 849 g/mol. The van der Waals surface area contributed by atoms with E-state index in [9.17, 15) is 14.4 Å². The Bertz CT molecular complexity index is 931. The molecule has 60 heavy (non-hydrogen) atoms. The lowest BCUT2D eigenvalue weighted by Gasteiger charge is -2.18. The largest absolute Gasteiger partial charge is 0.462 e. The highest BCUT2D eigenvalue weighted by atomic mass is 16.6. The van der Waals surface area contributed by atoms with E-state index in [1.807, 2.05) is 0 Å². The Morgan fingerprint density at radius 1 is 0.333 bits per heavy atom. The molecular weight excluding hydrogens is 745 g/mol. The third kappa shape index (κ3) is 45.9. The van der Waals surface area contributed by atoms with E-state index >= 15 is 0 Å². The van der Waals surface area contributed by atoms with Crippen molar-refractivity contribution in [2.45, 2.75) is 298 Å². The van der Waals surface area contributed by atoms with Gasteiger partial charge in [0.25, 0.3) is 0 Å². The molecule has 0 aromatic heterocycles. The molecule has 0 aliphatic rings. The van der Waals surface area contributed by atoms with Gasteiger partial charge >= 0.3 is 17.9 Å². The highest BCUT2D eigenvalue weighted by molar-refractivity contribution is 5.71. The molecule has 0 saturated carbocycles. The van der Waals surface area contributed by atoms with Crippen LogP contribution in [-0.2, 0) is 28.6 Å². The molecule has 2 atom stereocenters. The molecule has 6 heteroatoms. The molecular formula is C54H104O6. The summed E-state index contributed by atoms with van der Waals surface area (Å²) in [4.78, 5) is 38.0. The highest BCUT2D eigenvalue weighted by Crippen LogP contribution is 2.18. The number of carbonyl (C=O) groups is 3. The van der Waals surface area contributed by atoms with Crippen molar-refractivity contribution < 1.29 is 28.6 Å². The van der Waals surface area contributed by atoms with Crippen LogP contribution in [0.15, 0.2) is 0 Å². The maximum atomic E-state index is 12.8. The molecule has 6 nitrogen and oxygen atoms in total. The van der Waals surface area contributed by atoms with E-state index in [4.69, 9.17) is 14.2 Å². The van der Waals surface area contributed by atoms with Crippen LogP contribution >= 0.6 is 0 Å². The quantitative estimate of drug-likeness (QED) is 0.0345. The minimum atomic E-state index is -0.763. The van der Waals surface area contributed by atoms with E-state index < -0.39 is 6.10 Å². The summed E-state index contributed by atoms with van der Waals surface area (Å²) in [6.45, 7) is 13.7. The molecule has 0 saturated heterocycles. The van der Waals surface area contributed by atoms with E-state index in [0.717, 1.165) is 75.5 Å². The molecule has 0 radical (unpaired) electrons. The summed E-state index contributed by atoms with van der Waals surface area (Å²) in [5, 5.41) is 0. The molecule has 0 bridgehead atoms. The van der Waals surface area contributed by atoms with Gasteiger partial charge in [0.1, 0.15) is 13.2 Å². The Kier molecular flexibility index (Phi) is 44.2. The van der Waals surface area contributed by atoms with Crippen LogP contribution in [0.3, 0.4) is 0 Å². The molecule has 0 N–H and O–H groups in total. The standard InChI is InChI=1S/C54H104O6/c1-7-50(6)42-36-30-26-27-32-38-44-53(56)59-47-51(46-58-52(55)43-37-31-24-20-17-13-15-19-23-29-35-41-49(4)5)60-54(57)45-39-33-25-21-16-12-10-8-9-11-14-18-22-28-34-40-48(2)3/h48-51H,7-47H2,1-6H3/t50?,51-/m1/s1. The minimum absolute atomic E-state index is 0.0651. The zero-order chi connectivity index (χ0) is 44.2. The first-order valence-electron chi connectivity index (χ1n) is 26.6. The highest BCUT2D eigenvalue weighted by Gasteiger charge is 2.19. The van der Waals surface area contributed by atoms with Gasteiger partial charge in [-0.1, -0.05) is 253 Å². The van der Waals surface area contributed by atoms with Crippen molar-refractivity contribution in [3.8, 4) is 0 Å². The van der Waals surface area contributed by atoms with E-state index in [1.54, 1.807) is 0 Å². The molecule has 0 rings (SSSR count). The molecule has 0 fully saturated rings.